The smallest absolute Gasteiger partial charge is 0.271 e. The van der Waals surface area contributed by atoms with Crippen LogP contribution in [0.2, 0.25) is 5.02 Å². The Balaban J connectivity index is 1.82. The second kappa shape index (κ2) is 6.36. The maximum Gasteiger partial charge on any atom is 0.271 e. The van der Waals surface area contributed by atoms with Crippen molar-refractivity contribution >= 4 is 23.1 Å². The minimum Gasteiger partial charge on any atom is -0.492 e. The Morgan fingerprint density at radius 2 is 1.88 bits per heavy atom. The van der Waals surface area contributed by atoms with Crippen LogP contribution in [-0.4, -0.2) is 35.7 Å². The van der Waals surface area contributed by atoms with Crippen molar-refractivity contribution in [2.45, 2.75) is 25.0 Å². The molecule has 0 unspecified atom stereocenters. The molecule has 0 amide bonds. The number of β-amino-alcohol motifs (C(OH)–C–C–N with tert-alkyl or cyclic N) is 1. The number of amidine groups is 1. The van der Waals surface area contributed by atoms with Gasteiger partial charge in [-0.25, -0.2) is 9.48 Å². The molecule has 0 radical (unpaired) electrons. The Kier molecular flexibility index (Phi) is 4.18. The van der Waals surface area contributed by atoms with Crippen molar-refractivity contribution in [3.05, 3.63) is 59.1 Å². The monoisotopic (exact) mass is 357 g/mol. The van der Waals surface area contributed by atoms with Gasteiger partial charge in [-0.05, 0) is 37.1 Å². The van der Waals surface area contributed by atoms with Crippen LogP contribution in [0, 0.1) is 0 Å². The third-order valence-corrected chi connectivity index (χ3v) is 5.41. The molecule has 130 valence electrons. The van der Waals surface area contributed by atoms with Gasteiger partial charge in [0.2, 0.25) is 0 Å². The van der Waals surface area contributed by atoms with Gasteiger partial charge in [-0.3, -0.25) is 0 Å². The fraction of sp³-hybridized carbons (Fsp3) is 0.350. The zero-order chi connectivity index (χ0) is 17.4. The van der Waals surface area contributed by atoms with Crippen LogP contribution in [0.25, 0.3) is 0 Å². The average molecular weight is 358 g/mol. The number of hydrogen-bond acceptors (Lipinski definition) is 3. The summed E-state index contributed by atoms with van der Waals surface area (Å²) in [5.74, 6) is 1.98. The van der Waals surface area contributed by atoms with Crippen LogP contribution in [0.3, 0.4) is 0 Å². The molecular formula is C20H22ClN2O2+. The summed E-state index contributed by atoms with van der Waals surface area (Å²) < 4.78 is 7.70. The Morgan fingerprint density at radius 1 is 1.12 bits per heavy atom. The van der Waals surface area contributed by atoms with E-state index in [1.165, 1.54) is 0 Å². The van der Waals surface area contributed by atoms with E-state index in [4.69, 9.17) is 16.3 Å². The number of para-hydroxylation sites is 2. The van der Waals surface area contributed by atoms with Crippen LogP contribution in [0.15, 0.2) is 48.5 Å². The van der Waals surface area contributed by atoms with Gasteiger partial charge < -0.3 is 9.84 Å². The highest BCUT2D eigenvalue weighted by Crippen LogP contribution is 2.39. The van der Waals surface area contributed by atoms with Gasteiger partial charge in [0.05, 0.1) is 13.7 Å². The number of anilines is 1. The molecule has 2 aliphatic heterocycles. The van der Waals surface area contributed by atoms with E-state index in [0.717, 1.165) is 48.6 Å². The number of halogens is 1. The van der Waals surface area contributed by atoms with E-state index in [9.17, 15) is 5.11 Å². The van der Waals surface area contributed by atoms with Gasteiger partial charge >= 0.3 is 0 Å². The first-order chi connectivity index (χ1) is 12.1. The van der Waals surface area contributed by atoms with Crippen molar-refractivity contribution in [2.75, 3.05) is 25.1 Å². The zero-order valence-corrected chi connectivity index (χ0v) is 15.0. The van der Waals surface area contributed by atoms with Crippen molar-refractivity contribution < 1.29 is 14.4 Å². The van der Waals surface area contributed by atoms with Crippen LogP contribution in [-0.2, 0) is 5.72 Å². The second-order valence-corrected chi connectivity index (χ2v) is 7.04. The summed E-state index contributed by atoms with van der Waals surface area (Å²) in [7, 11) is 1.68. The molecule has 0 fully saturated rings. The summed E-state index contributed by atoms with van der Waals surface area (Å²) in [5.41, 5.74) is 0.812. The zero-order valence-electron chi connectivity index (χ0n) is 14.3. The summed E-state index contributed by atoms with van der Waals surface area (Å²) in [4.78, 5) is 2.20. The van der Waals surface area contributed by atoms with Crippen molar-refractivity contribution in [3.8, 4) is 5.75 Å². The molecule has 2 aliphatic rings. The number of nitrogens with zero attached hydrogens (tertiary/aromatic N) is 2. The Labute approximate surface area is 152 Å². The second-order valence-electron chi connectivity index (χ2n) is 6.61. The van der Waals surface area contributed by atoms with E-state index in [2.05, 4.69) is 9.48 Å². The molecule has 2 heterocycles. The summed E-state index contributed by atoms with van der Waals surface area (Å²) in [6.45, 7) is 1.32. The Morgan fingerprint density at radius 3 is 2.64 bits per heavy atom. The van der Waals surface area contributed by atoms with Crippen molar-refractivity contribution in [1.82, 2.24) is 0 Å². The van der Waals surface area contributed by atoms with Gasteiger partial charge in [0.15, 0.2) is 18.0 Å². The predicted octanol–water partition coefficient (Wildman–Crippen LogP) is 3.61. The van der Waals surface area contributed by atoms with E-state index in [1.54, 1.807) is 7.11 Å². The highest BCUT2D eigenvalue weighted by Gasteiger charge is 2.52. The SMILES string of the molecule is COc1ccccc1N1C[C@](O)(c2ccc(Cl)cc2)[N+]2=C1CCCC2. The lowest BCUT2D eigenvalue weighted by Gasteiger charge is -2.24. The fourth-order valence-electron chi connectivity index (χ4n) is 3.93. The number of rotatable bonds is 3. The van der Waals surface area contributed by atoms with E-state index < -0.39 is 5.72 Å². The first-order valence-corrected chi connectivity index (χ1v) is 9.04. The minimum absolute atomic E-state index is 0.477. The highest BCUT2D eigenvalue weighted by atomic mass is 35.5. The van der Waals surface area contributed by atoms with Gasteiger partial charge in [0.1, 0.15) is 0 Å². The predicted molar refractivity (Wildman–Crippen MR) is 99.7 cm³/mol. The molecular weight excluding hydrogens is 336 g/mol. The molecule has 2 aromatic carbocycles. The highest BCUT2D eigenvalue weighted by molar-refractivity contribution is 6.30. The number of benzene rings is 2. The number of hydrogen-bond donors (Lipinski definition) is 1. The third kappa shape index (κ3) is 2.70. The lowest BCUT2D eigenvalue weighted by Crippen LogP contribution is -2.41. The quantitative estimate of drug-likeness (QED) is 0.852. The standard InChI is InChI=1S/C20H22ClN2O2/c1-25-18-7-3-2-6-17(18)22-14-20(24,15-9-11-16(21)12-10-15)23-13-5-4-8-19(22)23/h2-3,6-7,9-12,24H,4-5,8,13-14H2,1H3/q+1/t20-/m0/s1. The molecule has 0 bridgehead atoms. The van der Waals surface area contributed by atoms with E-state index >= 15 is 0 Å². The molecule has 5 heteroatoms. The lowest BCUT2D eigenvalue weighted by molar-refractivity contribution is -0.661. The van der Waals surface area contributed by atoms with Gasteiger partial charge in [0, 0.05) is 17.0 Å². The van der Waals surface area contributed by atoms with Gasteiger partial charge in [-0.15, -0.1) is 0 Å². The summed E-state index contributed by atoms with van der Waals surface area (Å²) in [6, 6.07) is 15.5. The fourth-order valence-corrected chi connectivity index (χ4v) is 4.06. The summed E-state index contributed by atoms with van der Waals surface area (Å²) in [5, 5.41) is 12.3. The van der Waals surface area contributed by atoms with Crippen LogP contribution in [0.5, 0.6) is 5.75 Å². The summed E-state index contributed by atoms with van der Waals surface area (Å²) in [6.07, 6.45) is 3.17. The first-order valence-electron chi connectivity index (χ1n) is 8.66. The molecule has 1 atom stereocenters. The molecule has 0 aromatic heterocycles. The Bertz CT molecular complexity index is 819. The maximum absolute atomic E-state index is 11.6. The average Bonchev–Trinajstić information content (AvgIpc) is 2.96. The van der Waals surface area contributed by atoms with Crippen molar-refractivity contribution in [2.24, 2.45) is 0 Å². The normalized spacial score (nSPS) is 22.9. The van der Waals surface area contributed by atoms with Gasteiger partial charge in [-0.1, -0.05) is 35.9 Å². The van der Waals surface area contributed by atoms with E-state index in [-0.39, 0.29) is 0 Å². The molecule has 4 rings (SSSR count). The molecule has 4 nitrogen and oxygen atoms in total. The van der Waals surface area contributed by atoms with Crippen LogP contribution in [0.1, 0.15) is 24.8 Å². The van der Waals surface area contributed by atoms with Gasteiger partial charge in [0.25, 0.3) is 11.6 Å². The van der Waals surface area contributed by atoms with Crippen LogP contribution in [0.4, 0.5) is 5.69 Å². The minimum atomic E-state index is -1.05. The molecule has 0 saturated carbocycles. The molecule has 0 spiro atoms. The van der Waals surface area contributed by atoms with Crippen LogP contribution >= 0.6 is 11.6 Å². The molecule has 25 heavy (non-hydrogen) atoms. The first kappa shape index (κ1) is 16.4. The molecule has 1 N–H and O–H groups in total. The summed E-state index contributed by atoms with van der Waals surface area (Å²) >= 11 is 6.04. The Hall–Kier alpha value is -2.04. The number of aliphatic hydroxyl groups is 1. The van der Waals surface area contributed by atoms with Gasteiger partial charge in [-0.2, -0.15) is 0 Å². The lowest BCUT2D eigenvalue weighted by atomic mass is 10.0. The number of methoxy groups -OCH3 is 1. The van der Waals surface area contributed by atoms with E-state index in [1.807, 2.05) is 48.5 Å². The van der Waals surface area contributed by atoms with E-state index in [0.29, 0.717) is 11.6 Å². The van der Waals surface area contributed by atoms with Crippen LogP contribution < -0.4 is 9.64 Å². The molecule has 0 aliphatic carbocycles. The van der Waals surface area contributed by atoms with Crippen molar-refractivity contribution in [1.29, 1.82) is 0 Å². The molecule has 2 aromatic rings. The molecule has 0 saturated heterocycles. The van der Waals surface area contributed by atoms with Crippen molar-refractivity contribution in [3.63, 3.8) is 0 Å². The topological polar surface area (TPSA) is 35.7 Å². The largest absolute Gasteiger partial charge is 0.492 e. The number of ether oxygens (including phenoxy) is 1. The third-order valence-electron chi connectivity index (χ3n) is 5.16. The maximum atomic E-state index is 11.6.